The average molecular weight is 284 g/mol. The molecule has 0 aromatic heterocycles. The zero-order chi connectivity index (χ0) is 15.6. The van der Waals surface area contributed by atoms with E-state index in [0.717, 1.165) is 12.0 Å². The molecule has 0 aliphatic heterocycles. The Bertz CT molecular complexity index is 699. The van der Waals surface area contributed by atoms with Crippen LogP contribution in [-0.2, 0) is 6.42 Å². The molecular formula is C17H16O4. The molecule has 0 radical (unpaired) electrons. The van der Waals surface area contributed by atoms with Gasteiger partial charge in [-0.1, -0.05) is 37.3 Å². The number of carbonyl (C=O) groups is 2. The van der Waals surface area contributed by atoms with Gasteiger partial charge in [0.05, 0.1) is 11.1 Å². The number of aryl methyl sites for hydroxylation is 2. The van der Waals surface area contributed by atoms with Gasteiger partial charge in [-0.25, -0.2) is 9.59 Å². The molecule has 0 spiro atoms. The largest absolute Gasteiger partial charge is 0.478 e. The fourth-order valence-electron chi connectivity index (χ4n) is 2.37. The quantitative estimate of drug-likeness (QED) is 0.899. The van der Waals surface area contributed by atoms with E-state index in [-0.39, 0.29) is 16.7 Å². The van der Waals surface area contributed by atoms with Crippen molar-refractivity contribution in [3.05, 3.63) is 58.7 Å². The third kappa shape index (κ3) is 2.79. The fraction of sp³-hybridized carbons (Fsp3) is 0.176. The maximum atomic E-state index is 11.5. The highest BCUT2D eigenvalue weighted by Crippen LogP contribution is 2.30. The van der Waals surface area contributed by atoms with E-state index in [1.54, 1.807) is 19.1 Å². The van der Waals surface area contributed by atoms with Crippen molar-refractivity contribution in [2.45, 2.75) is 20.3 Å². The monoisotopic (exact) mass is 284 g/mol. The van der Waals surface area contributed by atoms with E-state index < -0.39 is 11.9 Å². The van der Waals surface area contributed by atoms with Gasteiger partial charge in [-0.15, -0.1) is 0 Å². The molecule has 2 N–H and O–H groups in total. The molecule has 0 unspecified atom stereocenters. The molecule has 0 atom stereocenters. The summed E-state index contributed by atoms with van der Waals surface area (Å²) in [5.74, 6) is -2.25. The van der Waals surface area contributed by atoms with Crippen LogP contribution in [0.4, 0.5) is 0 Å². The fourth-order valence-corrected chi connectivity index (χ4v) is 2.37. The van der Waals surface area contributed by atoms with E-state index in [2.05, 4.69) is 0 Å². The summed E-state index contributed by atoms with van der Waals surface area (Å²) in [6, 6.07) is 10.3. The Kier molecular flexibility index (Phi) is 4.08. The predicted molar refractivity (Wildman–Crippen MR) is 79.9 cm³/mol. The van der Waals surface area contributed by atoms with Gasteiger partial charge in [0.25, 0.3) is 0 Å². The van der Waals surface area contributed by atoms with Crippen molar-refractivity contribution in [1.29, 1.82) is 0 Å². The number of carboxylic acid groups (broad SMARTS) is 2. The normalized spacial score (nSPS) is 10.4. The van der Waals surface area contributed by atoms with Crippen LogP contribution in [0.3, 0.4) is 0 Å². The molecule has 2 aromatic rings. The van der Waals surface area contributed by atoms with E-state index in [1.165, 1.54) is 12.1 Å². The standard InChI is InChI=1S/C17H16O4/c1-3-11-5-7-12(8-6-11)15-13(16(18)19)9-4-10(2)14(15)17(20)21/h4-9H,3H2,1-2H3,(H,18,19)(H,20,21). The van der Waals surface area contributed by atoms with Crippen LogP contribution in [0, 0.1) is 6.92 Å². The maximum absolute atomic E-state index is 11.5. The van der Waals surface area contributed by atoms with Crippen LogP contribution in [0.1, 0.15) is 38.8 Å². The third-order valence-corrected chi connectivity index (χ3v) is 3.51. The summed E-state index contributed by atoms with van der Waals surface area (Å²) in [7, 11) is 0. The first-order chi connectivity index (χ1) is 9.95. The minimum atomic E-state index is -1.13. The molecule has 2 rings (SSSR count). The van der Waals surface area contributed by atoms with Crippen LogP contribution in [0.5, 0.6) is 0 Å². The van der Waals surface area contributed by atoms with Gasteiger partial charge in [-0.2, -0.15) is 0 Å². The second-order valence-electron chi connectivity index (χ2n) is 4.84. The van der Waals surface area contributed by atoms with Gasteiger partial charge >= 0.3 is 11.9 Å². The Hall–Kier alpha value is -2.62. The van der Waals surface area contributed by atoms with Crippen LogP contribution in [0.25, 0.3) is 11.1 Å². The van der Waals surface area contributed by atoms with Crippen LogP contribution < -0.4 is 0 Å². The summed E-state index contributed by atoms with van der Waals surface area (Å²) in [4.78, 5) is 22.9. The lowest BCUT2D eigenvalue weighted by Crippen LogP contribution is -2.09. The van der Waals surface area contributed by atoms with Crippen molar-refractivity contribution in [1.82, 2.24) is 0 Å². The number of carboxylic acids is 2. The summed E-state index contributed by atoms with van der Waals surface area (Å²) >= 11 is 0. The number of benzene rings is 2. The molecule has 0 saturated carbocycles. The SMILES string of the molecule is CCc1ccc(-c2c(C(=O)O)ccc(C)c2C(=O)O)cc1. The number of aromatic carboxylic acids is 2. The van der Waals surface area contributed by atoms with Crippen molar-refractivity contribution in [2.24, 2.45) is 0 Å². The van der Waals surface area contributed by atoms with Gasteiger partial charge in [-0.05, 0) is 36.1 Å². The average Bonchev–Trinajstić information content (AvgIpc) is 2.46. The highest BCUT2D eigenvalue weighted by atomic mass is 16.4. The molecule has 108 valence electrons. The number of hydrogen-bond donors (Lipinski definition) is 2. The van der Waals surface area contributed by atoms with Gasteiger partial charge in [0.1, 0.15) is 0 Å². The molecule has 0 amide bonds. The summed E-state index contributed by atoms with van der Waals surface area (Å²) in [6.07, 6.45) is 0.867. The maximum Gasteiger partial charge on any atom is 0.336 e. The summed E-state index contributed by atoms with van der Waals surface area (Å²) in [5.41, 5.74) is 2.56. The van der Waals surface area contributed by atoms with Gasteiger partial charge < -0.3 is 10.2 Å². The van der Waals surface area contributed by atoms with Gasteiger partial charge in [-0.3, -0.25) is 0 Å². The molecule has 0 saturated heterocycles. The molecule has 4 heteroatoms. The minimum absolute atomic E-state index is 0.00208. The second kappa shape index (κ2) is 5.79. The van der Waals surface area contributed by atoms with Crippen molar-refractivity contribution >= 4 is 11.9 Å². The van der Waals surface area contributed by atoms with E-state index in [4.69, 9.17) is 0 Å². The Morgan fingerprint density at radius 2 is 1.57 bits per heavy atom. The van der Waals surface area contributed by atoms with E-state index in [0.29, 0.717) is 11.1 Å². The molecule has 2 aromatic carbocycles. The molecule has 4 nitrogen and oxygen atoms in total. The molecule has 21 heavy (non-hydrogen) atoms. The van der Waals surface area contributed by atoms with Crippen molar-refractivity contribution in [3.8, 4) is 11.1 Å². The lowest BCUT2D eigenvalue weighted by molar-refractivity contribution is 0.0695. The Morgan fingerprint density at radius 3 is 2.05 bits per heavy atom. The molecule has 0 aliphatic rings. The van der Waals surface area contributed by atoms with Gasteiger partial charge in [0.15, 0.2) is 0 Å². The Balaban J connectivity index is 2.76. The first-order valence-corrected chi connectivity index (χ1v) is 6.65. The lowest BCUT2D eigenvalue weighted by atomic mass is 9.90. The summed E-state index contributed by atoms with van der Waals surface area (Å²) < 4.78 is 0. The molecule has 0 bridgehead atoms. The van der Waals surface area contributed by atoms with E-state index >= 15 is 0 Å². The van der Waals surface area contributed by atoms with Crippen molar-refractivity contribution in [2.75, 3.05) is 0 Å². The van der Waals surface area contributed by atoms with Crippen LogP contribution in [0.2, 0.25) is 0 Å². The summed E-state index contributed by atoms with van der Waals surface area (Å²) in [5, 5.41) is 18.8. The highest BCUT2D eigenvalue weighted by Gasteiger charge is 2.21. The molecule has 0 fully saturated rings. The Morgan fingerprint density at radius 1 is 0.952 bits per heavy atom. The minimum Gasteiger partial charge on any atom is -0.478 e. The molecular weight excluding hydrogens is 268 g/mol. The van der Waals surface area contributed by atoms with Crippen LogP contribution >= 0.6 is 0 Å². The highest BCUT2D eigenvalue weighted by molar-refractivity contribution is 6.05. The molecule has 0 heterocycles. The third-order valence-electron chi connectivity index (χ3n) is 3.51. The zero-order valence-electron chi connectivity index (χ0n) is 11.9. The smallest absolute Gasteiger partial charge is 0.336 e. The summed E-state index contributed by atoms with van der Waals surface area (Å²) in [6.45, 7) is 3.69. The topological polar surface area (TPSA) is 74.6 Å². The van der Waals surface area contributed by atoms with E-state index in [1.807, 2.05) is 19.1 Å². The first-order valence-electron chi connectivity index (χ1n) is 6.65. The Labute approximate surface area is 122 Å². The lowest BCUT2D eigenvalue weighted by Gasteiger charge is -2.13. The predicted octanol–water partition coefficient (Wildman–Crippen LogP) is 3.62. The molecule has 0 aliphatic carbocycles. The number of rotatable bonds is 4. The zero-order valence-corrected chi connectivity index (χ0v) is 11.9. The second-order valence-corrected chi connectivity index (χ2v) is 4.84. The van der Waals surface area contributed by atoms with Crippen molar-refractivity contribution < 1.29 is 19.8 Å². The van der Waals surface area contributed by atoms with Crippen molar-refractivity contribution in [3.63, 3.8) is 0 Å². The van der Waals surface area contributed by atoms with E-state index in [9.17, 15) is 19.8 Å². The number of hydrogen-bond acceptors (Lipinski definition) is 2. The first kappa shape index (κ1) is 14.8. The van der Waals surface area contributed by atoms with Crippen LogP contribution in [-0.4, -0.2) is 22.2 Å². The van der Waals surface area contributed by atoms with Crippen LogP contribution in [0.15, 0.2) is 36.4 Å². The van der Waals surface area contributed by atoms with Gasteiger partial charge in [0, 0.05) is 5.56 Å². The van der Waals surface area contributed by atoms with Gasteiger partial charge in [0.2, 0.25) is 0 Å².